The van der Waals surface area contributed by atoms with Crippen LogP contribution in [0.4, 0.5) is 5.69 Å². The summed E-state index contributed by atoms with van der Waals surface area (Å²) in [6, 6.07) is 15.3. The Hall–Kier alpha value is -2.38. The Balaban J connectivity index is 2.07. The minimum absolute atomic E-state index is 0.160. The average Bonchev–Trinajstić information content (AvgIpc) is 2.46. The predicted molar refractivity (Wildman–Crippen MR) is 82.4 cm³/mol. The van der Waals surface area contributed by atoms with E-state index in [1.165, 1.54) is 12.1 Å². The van der Waals surface area contributed by atoms with Gasteiger partial charge in [0.15, 0.2) is 5.96 Å². The van der Waals surface area contributed by atoms with Gasteiger partial charge in [-0.25, -0.2) is 13.1 Å². The SMILES string of the molecule is N=C(N)Nc1ccc(S(=O)(=O)NCc2ccccc2)cc1. The third-order valence-corrected chi connectivity index (χ3v) is 4.17. The molecule has 0 saturated carbocycles. The maximum Gasteiger partial charge on any atom is 0.240 e. The standard InChI is InChI=1S/C14H16N4O2S/c15-14(16)18-12-6-8-13(9-7-12)21(19,20)17-10-11-4-2-1-3-5-11/h1-9,17H,10H2,(H4,15,16,18). The maximum atomic E-state index is 12.1. The minimum Gasteiger partial charge on any atom is -0.370 e. The lowest BCUT2D eigenvalue weighted by Gasteiger charge is -2.08. The summed E-state index contributed by atoms with van der Waals surface area (Å²) in [5.41, 5.74) is 6.65. The van der Waals surface area contributed by atoms with Gasteiger partial charge in [0.1, 0.15) is 0 Å². The minimum atomic E-state index is -3.57. The van der Waals surface area contributed by atoms with Gasteiger partial charge in [0.25, 0.3) is 0 Å². The van der Waals surface area contributed by atoms with Gasteiger partial charge in [0.2, 0.25) is 10.0 Å². The number of benzene rings is 2. The van der Waals surface area contributed by atoms with E-state index in [4.69, 9.17) is 11.1 Å². The first-order valence-electron chi connectivity index (χ1n) is 6.22. The molecule has 6 nitrogen and oxygen atoms in total. The van der Waals surface area contributed by atoms with E-state index in [0.29, 0.717) is 5.69 Å². The molecule has 0 atom stereocenters. The lowest BCUT2D eigenvalue weighted by atomic mass is 10.2. The van der Waals surface area contributed by atoms with Gasteiger partial charge >= 0.3 is 0 Å². The number of nitrogens with two attached hydrogens (primary N) is 1. The molecule has 0 aliphatic rings. The fourth-order valence-corrected chi connectivity index (χ4v) is 2.75. The molecular formula is C14H16N4O2S. The van der Waals surface area contributed by atoms with Crippen LogP contribution in [0.2, 0.25) is 0 Å². The van der Waals surface area contributed by atoms with Gasteiger partial charge in [-0.1, -0.05) is 30.3 Å². The first-order chi connectivity index (χ1) is 9.97. The number of rotatable bonds is 5. The maximum absolute atomic E-state index is 12.1. The molecule has 2 aromatic carbocycles. The van der Waals surface area contributed by atoms with E-state index in [0.717, 1.165) is 5.56 Å². The van der Waals surface area contributed by atoms with Crippen LogP contribution in [0, 0.1) is 5.41 Å². The third-order valence-electron chi connectivity index (χ3n) is 2.75. The molecule has 7 heteroatoms. The van der Waals surface area contributed by atoms with Crippen molar-refractivity contribution in [2.24, 2.45) is 5.73 Å². The second-order valence-electron chi connectivity index (χ2n) is 4.37. The Kier molecular flexibility index (Phi) is 4.56. The molecule has 0 aromatic heterocycles. The molecule has 21 heavy (non-hydrogen) atoms. The normalized spacial score (nSPS) is 11.0. The van der Waals surface area contributed by atoms with Gasteiger partial charge in [-0.2, -0.15) is 0 Å². The summed E-state index contributed by atoms with van der Waals surface area (Å²) >= 11 is 0. The van der Waals surface area contributed by atoms with Crippen molar-refractivity contribution in [1.29, 1.82) is 5.41 Å². The summed E-state index contributed by atoms with van der Waals surface area (Å²) in [7, 11) is -3.57. The molecule has 0 spiro atoms. The fourth-order valence-electron chi connectivity index (χ4n) is 1.73. The zero-order valence-electron chi connectivity index (χ0n) is 11.2. The highest BCUT2D eigenvalue weighted by molar-refractivity contribution is 7.89. The Morgan fingerprint density at radius 2 is 1.67 bits per heavy atom. The Labute approximate surface area is 123 Å². The quantitative estimate of drug-likeness (QED) is 0.495. The average molecular weight is 304 g/mol. The van der Waals surface area contributed by atoms with Gasteiger partial charge in [0.05, 0.1) is 4.90 Å². The smallest absolute Gasteiger partial charge is 0.240 e. The van der Waals surface area contributed by atoms with Crippen LogP contribution in [0.5, 0.6) is 0 Å². The van der Waals surface area contributed by atoms with Gasteiger partial charge < -0.3 is 11.1 Å². The summed E-state index contributed by atoms with van der Waals surface area (Å²) in [6.07, 6.45) is 0. The highest BCUT2D eigenvalue weighted by atomic mass is 32.2. The Bertz CT molecular complexity index is 712. The van der Waals surface area contributed by atoms with E-state index >= 15 is 0 Å². The van der Waals surface area contributed by atoms with Crippen LogP contribution >= 0.6 is 0 Å². The van der Waals surface area contributed by atoms with Crippen molar-refractivity contribution in [2.75, 3.05) is 5.32 Å². The van der Waals surface area contributed by atoms with Crippen LogP contribution < -0.4 is 15.8 Å². The van der Waals surface area contributed by atoms with Crippen LogP contribution in [-0.2, 0) is 16.6 Å². The lowest BCUT2D eigenvalue weighted by Crippen LogP contribution is -2.23. The van der Waals surface area contributed by atoms with Crippen molar-refractivity contribution in [3.63, 3.8) is 0 Å². The highest BCUT2D eigenvalue weighted by Gasteiger charge is 2.13. The topological polar surface area (TPSA) is 108 Å². The summed E-state index contributed by atoms with van der Waals surface area (Å²) in [6.45, 7) is 0.233. The number of anilines is 1. The van der Waals surface area contributed by atoms with Gasteiger partial charge in [-0.05, 0) is 29.8 Å². The van der Waals surface area contributed by atoms with E-state index < -0.39 is 10.0 Å². The van der Waals surface area contributed by atoms with E-state index in [-0.39, 0.29) is 17.4 Å². The molecule has 0 heterocycles. The number of guanidine groups is 1. The summed E-state index contributed by atoms with van der Waals surface area (Å²) in [5, 5.41) is 9.69. The fraction of sp³-hybridized carbons (Fsp3) is 0.0714. The monoisotopic (exact) mass is 304 g/mol. The molecule has 2 rings (SSSR count). The highest BCUT2D eigenvalue weighted by Crippen LogP contribution is 2.14. The number of sulfonamides is 1. The predicted octanol–water partition coefficient (Wildman–Crippen LogP) is 1.47. The number of hydrogen-bond acceptors (Lipinski definition) is 3. The molecular weight excluding hydrogens is 288 g/mol. The second-order valence-corrected chi connectivity index (χ2v) is 6.14. The molecule has 0 amide bonds. The van der Waals surface area contributed by atoms with E-state index in [1.807, 2.05) is 30.3 Å². The molecule has 110 valence electrons. The van der Waals surface area contributed by atoms with Crippen LogP contribution in [0.1, 0.15) is 5.56 Å². The third kappa shape index (κ3) is 4.30. The molecule has 5 N–H and O–H groups in total. The van der Waals surface area contributed by atoms with Crippen LogP contribution in [-0.4, -0.2) is 14.4 Å². The molecule has 0 fully saturated rings. The van der Waals surface area contributed by atoms with Gasteiger partial charge in [-0.15, -0.1) is 0 Å². The van der Waals surface area contributed by atoms with Gasteiger partial charge in [0, 0.05) is 12.2 Å². The van der Waals surface area contributed by atoms with Crippen molar-refractivity contribution < 1.29 is 8.42 Å². The van der Waals surface area contributed by atoms with Crippen LogP contribution in [0.3, 0.4) is 0 Å². The summed E-state index contributed by atoms with van der Waals surface area (Å²) in [5.74, 6) is -0.201. The molecule has 0 radical (unpaired) electrons. The Morgan fingerprint density at radius 3 is 2.24 bits per heavy atom. The Morgan fingerprint density at radius 1 is 1.05 bits per heavy atom. The van der Waals surface area contributed by atoms with Crippen molar-refractivity contribution >= 4 is 21.7 Å². The summed E-state index contributed by atoms with van der Waals surface area (Å²) < 4.78 is 26.8. The number of nitrogens with one attached hydrogen (secondary N) is 3. The van der Waals surface area contributed by atoms with Crippen molar-refractivity contribution in [3.05, 3.63) is 60.2 Å². The van der Waals surface area contributed by atoms with E-state index in [2.05, 4.69) is 10.0 Å². The molecule has 0 saturated heterocycles. The van der Waals surface area contributed by atoms with Crippen molar-refractivity contribution in [2.45, 2.75) is 11.4 Å². The largest absolute Gasteiger partial charge is 0.370 e. The molecule has 2 aromatic rings. The summed E-state index contributed by atoms with van der Waals surface area (Å²) in [4.78, 5) is 0.160. The number of hydrogen-bond donors (Lipinski definition) is 4. The van der Waals surface area contributed by atoms with E-state index in [1.54, 1.807) is 12.1 Å². The zero-order chi connectivity index (χ0) is 15.3. The van der Waals surface area contributed by atoms with Gasteiger partial charge in [-0.3, -0.25) is 5.41 Å². The van der Waals surface area contributed by atoms with E-state index in [9.17, 15) is 8.42 Å². The van der Waals surface area contributed by atoms with Crippen LogP contribution in [0.25, 0.3) is 0 Å². The van der Waals surface area contributed by atoms with Crippen molar-refractivity contribution in [3.8, 4) is 0 Å². The second kappa shape index (κ2) is 6.38. The van der Waals surface area contributed by atoms with Crippen LogP contribution in [0.15, 0.2) is 59.5 Å². The first kappa shape index (κ1) is 15.0. The molecule has 0 aliphatic heterocycles. The lowest BCUT2D eigenvalue weighted by molar-refractivity contribution is 0.581. The first-order valence-corrected chi connectivity index (χ1v) is 7.70. The molecule has 0 aliphatic carbocycles. The van der Waals surface area contributed by atoms with Crippen molar-refractivity contribution in [1.82, 2.24) is 4.72 Å². The molecule has 0 bridgehead atoms. The zero-order valence-corrected chi connectivity index (χ0v) is 12.0. The molecule has 0 unspecified atom stereocenters.